The Hall–Kier alpha value is -2.08. The minimum Gasteiger partial charge on any atom is -0.492 e. The van der Waals surface area contributed by atoms with Gasteiger partial charge in [-0.15, -0.1) is 0 Å². The number of aliphatic carboxylic acids is 1. The number of hydrogen-bond donors (Lipinski definition) is 1. The monoisotopic (exact) mass is 291 g/mol. The van der Waals surface area contributed by atoms with E-state index >= 15 is 0 Å². The maximum absolute atomic E-state index is 12.7. The second kappa shape index (κ2) is 5.37. The highest BCUT2D eigenvalue weighted by Gasteiger charge is 2.43. The smallest absolute Gasteiger partial charge is 0.326 e. The van der Waals surface area contributed by atoms with E-state index in [9.17, 15) is 14.7 Å². The number of para-hydroxylation sites is 1. The standard InChI is InChI=1S/C15H17NO5/c1-20-9-6-12(15(18)19)16(7-9)14(17)11-8-21-13-5-3-2-4-10(11)13/h2-5,9,11-12H,6-8H2,1H3,(H,18,19). The SMILES string of the molecule is COC1CC(C(=O)O)N(C(=O)C2COc3ccccc32)C1. The fourth-order valence-electron chi connectivity index (χ4n) is 3.01. The van der Waals surface area contributed by atoms with E-state index in [-0.39, 0.29) is 18.6 Å². The lowest BCUT2D eigenvalue weighted by molar-refractivity contribution is -0.148. The number of fused-ring (bicyclic) bond motifs is 1. The van der Waals surface area contributed by atoms with E-state index in [0.717, 1.165) is 5.56 Å². The lowest BCUT2D eigenvalue weighted by Crippen LogP contribution is -2.43. The Bertz CT molecular complexity index is 573. The normalized spacial score (nSPS) is 27.3. The lowest BCUT2D eigenvalue weighted by atomic mass is 9.99. The van der Waals surface area contributed by atoms with Crippen LogP contribution in [-0.4, -0.2) is 54.3 Å². The fraction of sp³-hybridized carbons (Fsp3) is 0.467. The Balaban J connectivity index is 1.83. The van der Waals surface area contributed by atoms with E-state index in [1.54, 1.807) is 0 Å². The van der Waals surface area contributed by atoms with Crippen LogP contribution in [-0.2, 0) is 14.3 Å². The Morgan fingerprint density at radius 2 is 2.14 bits per heavy atom. The lowest BCUT2D eigenvalue weighted by Gasteiger charge is -2.24. The molecule has 112 valence electrons. The quantitative estimate of drug-likeness (QED) is 0.894. The molecule has 0 radical (unpaired) electrons. The van der Waals surface area contributed by atoms with Gasteiger partial charge < -0.3 is 19.5 Å². The molecule has 0 saturated carbocycles. The zero-order chi connectivity index (χ0) is 15.0. The molecule has 1 aromatic carbocycles. The second-order valence-electron chi connectivity index (χ2n) is 5.34. The van der Waals surface area contributed by atoms with Crippen LogP contribution in [0.5, 0.6) is 5.75 Å². The first kappa shape index (κ1) is 13.9. The van der Waals surface area contributed by atoms with Gasteiger partial charge in [0.05, 0.1) is 6.10 Å². The van der Waals surface area contributed by atoms with Crippen LogP contribution >= 0.6 is 0 Å². The van der Waals surface area contributed by atoms with E-state index < -0.39 is 17.9 Å². The van der Waals surface area contributed by atoms with E-state index in [1.165, 1.54) is 12.0 Å². The fourth-order valence-corrected chi connectivity index (χ4v) is 3.01. The number of ether oxygens (including phenoxy) is 2. The minimum atomic E-state index is -0.991. The Morgan fingerprint density at radius 1 is 1.38 bits per heavy atom. The highest BCUT2D eigenvalue weighted by Crippen LogP contribution is 2.36. The molecule has 0 spiro atoms. The van der Waals surface area contributed by atoms with Gasteiger partial charge in [0.1, 0.15) is 24.3 Å². The largest absolute Gasteiger partial charge is 0.492 e. The molecule has 2 heterocycles. The molecular weight excluding hydrogens is 274 g/mol. The third-order valence-electron chi connectivity index (χ3n) is 4.16. The molecule has 0 aromatic heterocycles. The summed E-state index contributed by atoms with van der Waals surface area (Å²) in [6, 6.07) is 6.55. The summed E-state index contributed by atoms with van der Waals surface area (Å²) in [6.45, 7) is 0.573. The summed E-state index contributed by atoms with van der Waals surface area (Å²) in [7, 11) is 1.53. The number of hydrogen-bond acceptors (Lipinski definition) is 4. The number of benzene rings is 1. The molecule has 2 aliphatic heterocycles. The topological polar surface area (TPSA) is 76.1 Å². The third-order valence-corrected chi connectivity index (χ3v) is 4.16. The molecule has 3 rings (SSSR count). The molecule has 6 nitrogen and oxygen atoms in total. The summed E-state index contributed by atoms with van der Waals surface area (Å²) in [5, 5.41) is 9.30. The number of nitrogens with zero attached hydrogens (tertiary/aromatic N) is 1. The number of carbonyl (C=O) groups is 2. The zero-order valence-electron chi connectivity index (χ0n) is 11.7. The van der Waals surface area contributed by atoms with Crippen molar-refractivity contribution in [3.8, 4) is 5.75 Å². The Kier molecular flexibility index (Phi) is 3.55. The first-order valence-corrected chi connectivity index (χ1v) is 6.89. The Morgan fingerprint density at radius 3 is 2.86 bits per heavy atom. The maximum Gasteiger partial charge on any atom is 0.326 e. The van der Waals surface area contributed by atoms with Crippen molar-refractivity contribution in [1.29, 1.82) is 0 Å². The maximum atomic E-state index is 12.7. The van der Waals surface area contributed by atoms with Gasteiger partial charge in [-0.1, -0.05) is 18.2 Å². The van der Waals surface area contributed by atoms with Crippen molar-refractivity contribution in [3.05, 3.63) is 29.8 Å². The molecule has 6 heteroatoms. The van der Waals surface area contributed by atoms with E-state index in [1.807, 2.05) is 24.3 Å². The average molecular weight is 291 g/mol. The van der Waals surface area contributed by atoms with Crippen LogP contribution in [0.25, 0.3) is 0 Å². The van der Waals surface area contributed by atoms with Gasteiger partial charge in [0.25, 0.3) is 0 Å². The predicted molar refractivity (Wildman–Crippen MR) is 73.2 cm³/mol. The zero-order valence-corrected chi connectivity index (χ0v) is 11.7. The summed E-state index contributed by atoms with van der Waals surface area (Å²) >= 11 is 0. The van der Waals surface area contributed by atoms with E-state index in [4.69, 9.17) is 9.47 Å². The summed E-state index contributed by atoms with van der Waals surface area (Å²) < 4.78 is 10.7. The van der Waals surface area contributed by atoms with Gasteiger partial charge in [-0.2, -0.15) is 0 Å². The van der Waals surface area contributed by atoms with E-state index in [2.05, 4.69) is 0 Å². The van der Waals surface area contributed by atoms with Crippen molar-refractivity contribution in [3.63, 3.8) is 0 Å². The van der Waals surface area contributed by atoms with Gasteiger partial charge in [0, 0.05) is 25.6 Å². The second-order valence-corrected chi connectivity index (χ2v) is 5.34. The average Bonchev–Trinajstić information content (AvgIpc) is 3.10. The van der Waals surface area contributed by atoms with Crippen molar-refractivity contribution in [2.24, 2.45) is 0 Å². The number of amides is 1. The highest BCUT2D eigenvalue weighted by molar-refractivity contribution is 5.90. The van der Waals surface area contributed by atoms with Crippen LogP contribution in [0.2, 0.25) is 0 Å². The molecule has 1 saturated heterocycles. The van der Waals surface area contributed by atoms with E-state index in [0.29, 0.717) is 18.7 Å². The van der Waals surface area contributed by atoms with Crippen LogP contribution in [0, 0.1) is 0 Å². The number of likely N-dealkylation sites (tertiary alicyclic amines) is 1. The van der Waals surface area contributed by atoms with Gasteiger partial charge >= 0.3 is 5.97 Å². The first-order chi connectivity index (χ1) is 10.1. The molecular formula is C15H17NO5. The third kappa shape index (κ3) is 2.35. The summed E-state index contributed by atoms with van der Waals surface area (Å²) in [5.74, 6) is -0.925. The predicted octanol–water partition coefficient (Wildman–Crippen LogP) is 0.863. The van der Waals surface area contributed by atoms with Crippen LogP contribution in [0.15, 0.2) is 24.3 Å². The van der Waals surface area contributed by atoms with Crippen molar-refractivity contribution in [2.75, 3.05) is 20.3 Å². The highest BCUT2D eigenvalue weighted by atomic mass is 16.5. The van der Waals surface area contributed by atoms with Crippen LogP contribution < -0.4 is 4.74 Å². The molecule has 1 amide bonds. The number of carboxylic acid groups (broad SMARTS) is 1. The molecule has 1 N–H and O–H groups in total. The molecule has 1 aromatic rings. The van der Waals surface area contributed by atoms with Crippen LogP contribution in [0.4, 0.5) is 0 Å². The summed E-state index contributed by atoms with van der Waals surface area (Å²) in [4.78, 5) is 25.5. The summed E-state index contributed by atoms with van der Waals surface area (Å²) in [5.41, 5.74) is 0.826. The van der Waals surface area contributed by atoms with Crippen molar-refractivity contribution in [1.82, 2.24) is 4.90 Å². The molecule has 3 unspecified atom stereocenters. The minimum absolute atomic E-state index is 0.202. The summed E-state index contributed by atoms with van der Waals surface area (Å²) in [6.07, 6.45) is 0.0971. The Labute approximate surface area is 122 Å². The number of rotatable bonds is 3. The van der Waals surface area contributed by atoms with Crippen molar-refractivity contribution >= 4 is 11.9 Å². The van der Waals surface area contributed by atoms with Crippen LogP contribution in [0.1, 0.15) is 17.9 Å². The molecule has 3 atom stereocenters. The molecule has 0 bridgehead atoms. The first-order valence-electron chi connectivity index (χ1n) is 6.89. The van der Waals surface area contributed by atoms with Crippen molar-refractivity contribution < 1.29 is 24.2 Å². The van der Waals surface area contributed by atoms with Gasteiger partial charge in [-0.05, 0) is 6.07 Å². The number of methoxy groups -OCH3 is 1. The number of carboxylic acids is 1. The molecule has 0 aliphatic carbocycles. The van der Waals surface area contributed by atoms with Gasteiger partial charge in [0.2, 0.25) is 5.91 Å². The van der Waals surface area contributed by atoms with Gasteiger partial charge in [-0.25, -0.2) is 4.79 Å². The van der Waals surface area contributed by atoms with Crippen molar-refractivity contribution in [2.45, 2.75) is 24.5 Å². The van der Waals surface area contributed by atoms with Gasteiger partial charge in [0.15, 0.2) is 0 Å². The van der Waals surface area contributed by atoms with Gasteiger partial charge in [-0.3, -0.25) is 4.79 Å². The molecule has 1 fully saturated rings. The molecule has 2 aliphatic rings. The number of carbonyl (C=O) groups excluding carboxylic acids is 1. The van der Waals surface area contributed by atoms with Crippen LogP contribution in [0.3, 0.4) is 0 Å². The molecule has 21 heavy (non-hydrogen) atoms.